The van der Waals surface area contributed by atoms with Crippen molar-refractivity contribution in [3.63, 3.8) is 0 Å². The van der Waals surface area contributed by atoms with Crippen molar-refractivity contribution in [2.24, 2.45) is 5.92 Å². The number of rotatable bonds is 1. The Morgan fingerprint density at radius 3 is 3.17 bits per heavy atom. The Morgan fingerprint density at radius 2 is 2.33 bits per heavy atom. The van der Waals surface area contributed by atoms with E-state index in [0.29, 0.717) is 0 Å². The number of hydrogen-bond donors (Lipinski definition) is 1. The average Bonchev–Trinajstić information content (AvgIpc) is 2.38. The van der Waals surface area contributed by atoms with Crippen molar-refractivity contribution in [3.05, 3.63) is 22.3 Å². The minimum Gasteiger partial charge on any atom is -0.356 e. The van der Waals surface area contributed by atoms with Crippen LogP contribution in [0.2, 0.25) is 0 Å². The third kappa shape index (κ3) is 2.41. The zero-order valence-electron chi connectivity index (χ0n) is 10.8. The van der Waals surface area contributed by atoms with Crippen molar-refractivity contribution in [3.8, 4) is 0 Å². The number of piperidine rings is 2. The summed E-state index contributed by atoms with van der Waals surface area (Å²) < 4.78 is 1.07. The van der Waals surface area contributed by atoms with E-state index >= 15 is 0 Å². The third-order valence-electron chi connectivity index (χ3n) is 4.21. The highest BCUT2D eigenvalue weighted by Gasteiger charge is 2.31. The van der Waals surface area contributed by atoms with Crippen molar-refractivity contribution in [2.45, 2.75) is 32.2 Å². The van der Waals surface area contributed by atoms with Gasteiger partial charge in [0.25, 0.3) is 0 Å². The van der Waals surface area contributed by atoms with E-state index in [-0.39, 0.29) is 0 Å². The maximum atomic E-state index is 4.60. The molecule has 4 heteroatoms. The van der Waals surface area contributed by atoms with Crippen LogP contribution in [0.25, 0.3) is 0 Å². The number of hydrogen-bond acceptors (Lipinski definition) is 3. The molecule has 0 bridgehead atoms. The first-order valence-corrected chi connectivity index (χ1v) is 7.64. The largest absolute Gasteiger partial charge is 0.356 e. The minimum absolute atomic E-state index is 0.741. The summed E-state index contributed by atoms with van der Waals surface area (Å²) in [5.41, 5.74) is 1.27. The van der Waals surface area contributed by atoms with Crippen LogP contribution in [0.1, 0.15) is 24.8 Å². The molecule has 0 aliphatic carbocycles. The number of aryl methyl sites for hydroxylation is 1. The van der Waals surface area contributed by atoms with Gasteiger partial charge < -0.3 is 10.2 Å². The van der Waals surface area contributed by atoms with Crippen LogP contribution in [0.3, 0.4) is 0 Å². The Kier molecular flexibility index (Phi) is 3.57. The number of nitrogens with zero attached hydrogens (tertiary/aromatic N) is 2. The maximum absolute atomic E-state index is 4.60. The molecule has 18 heavy (non-hydrogen) atoms. The van der Waals surface area contributed by atoms with Gasteiger partial charge in [0, 0.05) is 29.8 Å². The van der Waals surface area contributed by atoms with Crippen molar-refractivity contribution in [1.29, 1.82) is 0 Å². The van der Waals surface area contributed by atoms with Crippen molar-refractivity contribution >= 4 is 21.7 Å². The van der Waals surface area contributed by atoms with Crippen molar-refractivity contribution in [2.75, 3.05) is 24.5 Å². The Balaban J connectivity index is 1.77. The predicted molar refractivity (Wildman–Crippen MR) is 78.0 cm³/mol. The molecule has 0 spiro atoms. The van der Waals surface area contributed by atoms with E-state index in [0.717, 1.165) is 29.5 Å². The SMILES string of the molecule is Cc1cc(Br)cnc1N1CCC2NCCCC2C1. The number of pyridine rings is 1. The van der Waals surface area contributed by atoms with Crippen LogP contribution in [-0.2, 0) is 0 Å². The average molecular weight is 310 g/mol. The van der Waals surface area contributed by atoms with E-state index in [4.69, 9.17) is 0 Å². The smallest absolute Gasteiger partial charge is 0.131 e. The molecule has 0 radical (unpaired) electrons. The zero-order chi connectivity index (χ0) is 12.5. The van der Waals surface area contributed by atoms with Gasteiger partial charge in [-0.1, -0.05) is 0 Å². The summed E-state index contributed by atoms with van der Waals surface area (Å²) in [5, 5.41) is 3.66. The number of nitrogens with one attached hydrogen (secondary N) is 1. The topological polar surface area (TPSA) is 28.2 Å². The molecule has 2 saturated heterocycles. The lowest BCUT2D eigenvalue weighted by molar-refractivity contribution is 0.244. The second kappa shape index (κ2) is 5.17. The van der Waals surface area contributed by atoms with Gasteiger partial charge in [-0.25, -0.2) is 4.98 Å². The van der Waals surface area contributed by atoms with E-state index in [1.165, 1.54) is 37.2 Å². The molecular weight excluding hydrogens is 290 g/mol. The van der Waals surface area contributed by atoms with Gasteiger partial charge in [-0.3, -0.25) is 0 Å². The van der Waals surface area contributed by atoms with E-state index in [1.807, 2.05) is 6.20 Å². The van der Waals surface area contributed by atoms with Gasteiger partial charge in [0.15, 0.2) is 0 Å². The first kappa shape index (κ1) is 12.4. The summed E-state index contributed by atoms with van der Waals surface area (Å²) in [5.74, 6) is 1.97. The van der Waals surface area contributed by atoms with Gasteiger partial charge in [0.1, 0.15) is 5.82 Å². The first-order chi connectivity index (χ1) is 8.74. The molecule has 3 nitrogen and oxygen atoms in total. The molecule has 2 aliphatic heterocycles. The Bertz CT molecular complexity index is 435. The second-order valence-electron chi connectivity index (χ2n) is 5.49. The Labute approximate surface area is 117 Å². The molecule has 2 unspecified atom stereocenters. The monoisotopic (exact) mass is 309 g/mol. The van der Waals surface area contributed by atoms with Gasteiger partial charge >= 0.3 is 0 Å². The molecule has 3 heterocycles. The Hall–Kier alpha value is -0.610. The molecule has 1 aromatic rings. The third-order valence-corrected chi connectivity index (χ3v) is 4.64. The van der Waals surface area contributed by atoms with Crippen LogP contribution < -0.4 is 10.2 Å². The summed E-state index contributed by atoms with van der Waals surface area (Å²) in [4.78, 5) is 7.07. The Morgan fingerprint density at radius 1 is 1.44 bits per heavy atom. The van der Waals surface area contributed by atoms with Crippen LogP contribution in [0, 0.1) is 12.8 Å². The quantitative estimate of drug-likeness (QED) is 0.864. The van der Waals surface area contributed by atoms with E-state index in [2.05, 4.69) is 44.1 Å². The van der Waals surface area contributed by atoms with Crippen LogP contribution in [-0.4, -0.2) is 30.7 Å². The van der Waals surface area contributed by atoms with Crippen molar-refractivity contribution < 1.29 is 0 Å². The molecule has 98 valence electrons. The van der Waals surface area contributed by atoms with Gasteiger partial charge in [0.2, 0.25) is 0 Å². The fraction of sp³-hybridized carbons (Fsp3) is 0.643. The van der Waals surface area contributed by atoms with Gasteiger partial charge in [0.05, 0.1) is 0 Å². The highest BCUT2D eigenvalue weighted by atomic mass is 79.9. The lowest BCUT2D eigenvalue weighted by Crippen LogP contribution is -2.52. The summed E-state index contributed by atoms with van der Waals surface area (Å²) in [6, 6.07) is 2.90. The number of anilines is 1. The molecule has 0 amide bonds. The lowest BCUT2D eigenvalue weighted by Gasteiger charge is -2.42. The van der Waals surface area contributed by atoms with Crippen LogP contribution in [0.5, 0.6) is 0 Å². The first-order valence-electron chi connectivity index (χ1n) is 6.84. The summed E-state index contributed by atoms with van der Waals surface area (Å²) in [6.07, 6.45) is 5.85. The lowest BCUT2D eigenvalue weighted by atomic mass is 9.85. The molecule has 1 N–H and O–H groups in total. The summed E-state index contributed by atoms with van der Waals surface area (Å²) in [6.45, 7) is 5.64. The minimum atomic E-state index is 0.741. The zero-order valence-corrected chi connectivity index (χ0v) is 12.4. The molecule has 3 rings (SSSR count). The summed E-state index contributed by atoms with van der Waals surface area (Å²) in [7, 11) is 0. The molecular formula is C14H20BrN3. The van der Waals surface area contributed by atoms with Gasteiger partial charge in [-0.2, -0.15) is 0 Å². The van der Waals surface area contributed by atoms with Crippen molar-refractivity contribution in [1.82, 2.24) is 10.3 Å². The van der Waals surface area contributed by atoms with Crippen LogP contribution in [0.15, 0.2) is 16.7 Å². The van der Waals surface area contributed by atoms with Crippen LogP contribution >= 0.6 is 15.9 Å². The standard InChI is InChI=1S/C14H20BrN3/c1-10-7-12(15)8-17-14(10)18-6-4-13-11(9-18)3-2-5-16-13/h7-8,11,13,16H,2-6,9H2,1H3. The van der Waals surface area contributed by atoms with E-state index in [9.17, 15) is 0 Å². The predicted octanol–water partition coefficient (Wildman–Crippen LogP) is 2.73. The normalized spacial score (nSPS) is 28.0. The molecule has 0 saturated carbocycles. The number of aromatic nitrogens is 1. The highest BCUT2D eigenvalue weighted by Crippen LogP contribution is 2.29. The highest BCUT2D eigenvalue weighted by molar-refractivity contribution is 9.10. The van der Waals surface area contributed by atoms with Gasteiger partial charge in [-0.15, -0.1) is 0 Å². The molecule has 2 fully saturated rings. The van der Waals surface area contributed by atoms with E-state index in [1.54, 1.807) is 0 Å². The van der Waals surface area contributed by atoms with Crippen LogP contribution in [0.4, 0.5) is 5.82 Å². The maximum Gasteiger partial charge on any atom is 0.131 e. The fourth-order valence-corrected chi connectivity index (χ4v) is 3.75. The van der Waals surface area contributed by atoms with Gasteiger partial charge in [-0.05, 0) is 66.2 Å². The fourth-order valence-electron chi connectivity index (χ4n) is 3.30. The number of halogens is 1. The van der Waals surface area contributed by atoms with E-state index < -0.39 is 0 Å². The summed E-state index contributed by atoms with van der Waals surface area (Å²) >= 11 is 3.48. The molecule has 1 aromatic heterocycles. The molecule has 0 aromatic carbocycles. The molecule has 2 atom stereocenters. The molecule has 2 aliphatic rings. The second-order valence-corrected chi connectivity index (χ2v) is 6.41. The number of fused-ring (bicyclic) bond motifs is 1.